The second kappa shape index (κ2) is 9.49. The van der Waals surface area contributed by atoms with Crippen molar-refractivity contribution in [2.75, 3.05) is 11.9 Å². The molecule has 0 spiro atoms. The lowest BCUT2D eigenvalue weighted by atomic mass is 9.84. The van der Waals surface area contributed by atoms with Gasteiger partial charge in [0.1, 0.15) is 6.17 Å². The maximum absolute atomic E-state index is 13.3. The molecule has 1 aliphatic carbocycles. The van der Waals surface area contributed by atoms with Crippen LogP contribution in [0.2, 0.25) is 5.02 Å². The normalized spacial score (nSPS) is 19.0. The molecule has 12 heteroatoms. The molecule has 0 radical (unpaired) electrons. The van der Waals surface area contributed by atoms with Crippen LogP contribution in [0.1, 0.15) is 23.2 Å². The van der Waals surface area contributed by atoms with E-state index >= 15 is 0 Å². The fourth-order valence-electron chi connectivity index (χ4n) is 3.20. The Balaban J connectivity index is 1.74. The lowest BCUT2D eigenvalue weighted by Crippen LogP contribution is -2.51. The summed E-state index contributed by atoms with van der Waals surface area (Å²) in [6, 6.07) is 6.44. The van der Waals surface area contributed by atoms with Crippen LogP contribution in [0.3, 0.4) is 0 Å². The number of aliphatic hydroxyl groups is 1. The highest BCUT2D eigenvalue weighted by Gasteiger charge is 2.43. The molecule has 5 N–H and O–H groups in total. The fourth-order valence-corrected chi connectivity index (χ4v) is 5.60. The number of carbonyl (C=O) groups excluding carboxylic acids is 2. The van der Waals surface area contributed by atoms with Crippen molar-refractivity contribution in [3.8, 4) is 0 Å². The topological polar surface area (TPSA) is 139 Å². The molecule has 1 atom stereocenters. The third-order valence-electron chi connectivity index (χ3n) is 5.11. The monoisotopic (exact) mass is 487 g/mol. The second-order valence-corrected chi connectivity index (χ2v) is 9.96. The van der Waals surface area contributed by atoms with Gasteiger partial charge in [-0.2, -0.15) is 0 Å². The van der Waals surface area contributed by atoms with E-state index in [0.29, 0.717) is 0 Å². The lowest BCUT2D eigenvalue weighted by Gasteiger charge is -2.34. The van der Waals surface area contributed by atoms with Crippen LogP contribution in [0.4, 0.5) is 14.5 Å². The molecule has 172 valence electrons. The van der Waals surface area contributed by atoms with Crippen LogP contribution in [-0.4, -0.2) is 43.4 Å². The van der Waals surface area contributed by atoms with Crippen molar-refractivity contribution in [3.05, 3.63) is 58.6 Å². The largest absolute Gasteiger partial charge is 0.393 e. The van der Waals surface area contributed by atoms with Gasteiger partial charge in [-0.15, -0.1) is 0 Å². The quantitative estimate of drug-likeness (QED) is 0.439. The van der Waals surface area contributed by atoms with Gasteiger partial charge >= 0.3 is 0 Å². The SMILES string of the molecule is N[C@@H](CO)NC(=O)C1CC(S(=O)(=O)c2cc(C(=O)Nc3ccc(F)c(F)c3)ccc2Cl)C1. The summed E-state index contributed by atoms with van der Waals surface area (Å²) >= 11 is 6.07. The van der Waals surface area contributed by atoms with Crippen molar-refractivity contribution in [2.45, 2.75) is 29.2 Å². The molecule has 0 saturated heterocycles. The highest BCUT2D eigenvalue weighted by Crippen LogP contribution is 2.38. The highest BCUT2D eigenvalue weighted by molar-refractivity contribution is 7.92. The van der Waals surface area contributed by atoms with E-state index in [9.17, 15) is 26.8 Å². The Labute approximate surface area is 187 Å². The van der Waals surface area contributed by atoms with Crippen molar-refractivity contribution in [1.82, 2.24) is 5.32 Å². The fraction of sp³-hybridized carbons (Fsp3) is 0.300. The molecule has 0 bridgehead atoms. The molecular formula is C20H20ClF2N3O5S. The molecule has 1 aliphatic rings. The van der Waals surface area contributed by atoms with Gasteiger partial charge < -0.3 is 21.5 Å². The smallest absolute Gasteiger partial charge is 0.255 e. The van der Waals surface area contributed by atoms with Crippen LogP contribution in [-0.2, 0) is 14.6 Å². The van der Waals surface area contributed by atoms with Gasteiger partial charge in [0.05, 0.1) is 21.8 Å². The number of hydrogen-bond acceptors (Lipinski definition) is 6. The zero-order chi connectivity index (χ0) is 23.6. The van der Waals surface area contributed by atoms with Crippen LogP contribution < -0.4 is 16.4 Å². The first kappa shape index (κ1) is 24.1. The summed E-state index contributed by atoms with van der Waals surface area (Å²) in [4.78, 5) is 24.2. The number of rotatable bonds is 7. The summed E-state index contributed by atoms with van der Waals surface area (Å²) in [6.45, 7) is -0.449. The van der Waals surface area contributed by atoms with Crippen molar-refractivity contribution >= 4 is 38.9 Å². The van der Waals surface area contributed by atoms with Crippen LogP contribution >= 0.6 is 11.6 Å². The number of sulfone groups is 1. The predicted molar refractivity (Wildman–Crippen MR) is 113 cm³/mol. The zero-order valence-corrected chi connectivity index (χ0v) is 18.1. The van der Waals surface area contributed by atoms with Crippen LogP contribution in [0.15, 0.2) is 41.3 Å². The van der Waals surface area contributed by atoms with E-state index in [4.69, 9.17) is 22.4 Å². The molecule has 8 nitrogen and oxygen atoms in total. The minimum atomic E-state index is -3.96. The standard InChI is InChI=1S/C20H20ClF2N3O5S/c21-14-3-1-10(19(28)25-12-2-4-15(22)16(23)8-12)7-17(14)32(30,31)13-5-11(6-13)20(29)26-18(24)9-27/h1-4,7-8,11,13,18,27H,5-6,9,24H2,(H,25,28)(H,26,29)/t11?,13?,18-/m1/s1. The van der Waals surface area contributed by atoms with Gasteiger partial charge in [0.15, 0.2) is 21.5 Å². The Hall–Kier alpha value is -2.60. The number of amides is 2. The van der Waals surface area contributed by atoms with Crippen molar-refractivity contribution in [2.24, 2.45) is 11.7 Å². The summed E-state index contributed by atoms with van der Waals surface area (Å²) in [6.07, 6.45) is -0.862. The third-order valence-corrected chi connectivity index (χ3v) is 7.76. The maximum atomic E-state index is 13.3. The molecule has 3 rings (SSSR count). The first-order valence-corrected chi connectivity index (χ1v) is 11.4. The van der Waals surface area contributed by atoms with Gasteiger partial charge in [-0.05, 0) is 43.2 Å². The Morgan fingerprint density at radius 3 is 2.47 bits per heavy atom. The summed E-state index contributed by atoms with van der Waals surface area (Å²) in [7, 11) is -3.96. The third kappa shape index (κ3) is 5.07. The van der Waals surface area contributed by atoms with Gasteiger partial charge in [0, 0.05) is 23.2 Å². The van der Waals surface area contributed by atoms with E-state index in [1.54, 1.807) is 0 Å². The molecular weight excluding hydrogens is 468 g/mol. The summed E-state index contributed by atoms with van der Waals surface area (Å²) in [5, 5.41) is 12.6. The number of hydrogen-bond donors (Lipinski definition) is 4. The zero-order valence-electron chi connectivity index (χ0n) is 16.5. The molecule has 0 aliphatic heterocycles. The number of nitrogens with one attached hydrogen (secondary N) is 2. The van der Waals surface area contributed by atoms with Crippen molar-refractivity contribution < 1.29 is 31.9 Å². The van der Waals surface area contributed by atoms with E-state index < -0.39 is 57.2 Å². The number of anilines is 1. The molecule has 1 fully saturated rings. The minimum absolute atomic E-state index is 0.0119. The minimum Gasteiger partial charge on any atom is -0.393 e. The number of carbonyl (C=O) groups is 2. The van der Waals surface area contributed by atoms with E-state index in [1.165, 1.54) is 12.1 Å². The average Bonchev–Trinajstić information content (AvgIpc) is 2.69. The Morgan fingerprint density at radius 2 is 1.84 bits per heavy atom. The lowest BCUT2D eigenvalue weighted by molar-refractivity contribution is -0.128. The Morgan fingerprint density at radius 1 is 1.16 bits per heavy atom. The summed E-state index contributed by atoms with van der Waals surface area (Å²) < 4.78 is 52.4. The first-order valence-electron chi connectivity index (χ1n) is 9.49. The van der Waals surface area contributed by atoms with Gasteiger partial charge in [0.2, 0.25) is 5.91 Å². The van der Waals surface area contributed by atoms with Gasteiger partial charge in [-0.25, -0.2) is 17.2 Å². The van der Waals surface area contributed by atoms with Gasteiger partial charge in [-0.3, -0.25) is 9.59 Å². The number of benzene rings is 2. The molecule has 0 aromatic heterocycles. The van der Waals surface area contributed by atoms with E-state index in [1.807, 2.05) is 0 Å². The number of aliphatic hydroxyl groups excluding tert-OH is 1. The van der Waals surface area contributed by atoms with E-state index in [-0.39, 0.29) is 34.0 Å². The Kier molecular flexibility index (Phi) is 7.13. The second-order valence-electron chi connectivity index (χ2n) is 7.36. The van der Waals surface area contributed by atoms with Crippen LogP contribution in [0.5, 0.6) is 0 Å². The van der Waals surface area contributed by atoms with Crippen molar-refractivity contribution in [3.63, 3.8) is 0 Å². The Bertz CT molecular complexity index is 1160. The molecule has 2 aromatic rings. The summed E-state index contributed by atoms with van der Waals surface area (Å²) in [5.74, 6) is -4.00. The predicted octanol–water partition coefficient (Wildman–Crippen LogP) is 1.82. The average molecular weight is 488 g/mol. The molecule has 32 heavy (non-hydrogen) atoms. The first-order chi connectivity index (χ1) is 15.0. The number of halogens is 3. The molecule has 0 unspecified atom stereocenters. The van der Waals surface area contributed by atoms with E-state index in [0.717, 1.165) is 24.3 Å². The van der Waals surface area contributed by atoms with Crippen molar-refractivity contribution in [1.29, 1.82) is 0 Å². The van der Waals surface area contributed by atoms with Crippen LogP contribution in [0, 0.1) is 17.6 Å². The molecule has 2 aromatic carbocycles. The molecule has 2 amide bonds. The van der Waals surface area contributed by atoms with Crippen LogP contribution in [0.25, 0.3) is 0 Å². The molecule has 0 heterocycles. The van der Waals surface area contributed by atoms with Gasteiger partial charge in [0.25, 0.3) is 5.91 Å². The maximum Gasteiger partial charge on any atom is 0.255 e. The summed E-state index contributed by atoms with van der Waals surface area (Å²) in [5.41, 5.74) is 5.38. The van der Waals surface area contributed by atoms with E-state index in [2.05, 4.69) is 10.6 Å². The molecule has 1 saturated carbocycles. The van der Waals surface area contributed by atoms with Gasteiger partial charge in [-0.1, -0.05) is 11.6 Å². The highest BCUT2D eigenvalue weighted by atomic mass is 35.5. The number of nitrogens with two attached hydrogens (primary N) is 1.